The minimum absolute atomic E-state index is 0.0956. The molecule has 1 aromatic carbocycles. The number of nitrogens with zero attached hydrogens (tertiary/aromatic N) is 1. The summed E-state index contributed by atoms with van der Waals surface area (Å²) < 4.78 is 5.81. The van der Waals surface area contributed by atoms with E-state index in [9.17, 15) is 5.26 Å². The smallest absolute Gasteiger partial charge is 0.138 e. The Morgan fingerprint density at radius 3 is 2.50 bits per heavy atom. The Bertz CT molecular complexity index is 471. The second-order valence-corrected chi connectivity index (χ2v) is 6.44. The van der Waals surface area contributed by atoms with Crippen LogP contribution in [0.1, 0.15) is 46.6 Å². The van der Waals surface area contributed by atoms with Crippen LogP contribution in [0.25, 0.3) is 0 Å². The molecule has 3 heteroatoms. The Balaban J connectivity index is 2.72. The Morgan fingerprint density at radius 2 is 1.95 bits per heavy atom. The highest BCUT2D eigenvalue weighted by molar-refractivity contribution is 5.32. The molecule has 1 unspecified atom stereocenters. The van der Waals surface area contributed by atoms with E-state index in [1.165, 1.54) is 5.56 Å². The molecule has 0 heterocycles. The van der Waals surface area contributed by atoms with Crippen molar-refractivity contribution in [2.75, 3.05) is 13.2 Å². The largest absolute Gasteiger partial charge is 0.491 e. The average molecular weight is 274 g/mol. The zero-order valence-corrected chi connectivity index (χ0v) is 13.3. The van der Waals surface area contributed by atoms with Crippen LogP contribution in [0.5, 0.6) is 5.75 Å². The van der Waals surface area contributed by atoms with Gasteiger partial charge in [0.2, 0.25) is 0 Å². The highest BCUT2D eigenvalue weighted by Gasteiger charge is 2.24. The fourth-order valence-corrected chi connectivity index (χ4v) is 1.80. The van der Waals surface area contributed by atoms with E-state index < -0.39 is 5.54 Å². The number of hydrogen-bond acceptors (Lipinski definition) is 3. The standard InChI is InChI=1S/C17H26N2O/c1-6-10-19-17(5,12-18)13-20-15-9-7-8-14(11-15)16(2,3)4/h7-9,11,19H,6,10,13H2,1-5H3. The van der Waals surface area contributed by atoms with Crippen molar-refractivity contribution in [1.29, 1.82) is 5.26 Å². The fraction of sp³-hybridized carbons (Fsp3) is 0.588. The van der Waals surface area contributed by atoms with E-state index >= 15 is 0 Å². The van der Waals surface area contributed by atoms with Gasteiger partial charge in [0.25, 0.3) is 0 Å². The topological polar surface area (TPSA) is 45.0 Å². The van der Waals surface area contributed by atoms with E-state index in [0.717, 1.165) is 18.7 Å². The maximum Gasteiger partial charge on any atom is 0.138 e. The van der Waals surface area contributed by atoms with E-state index in [2.05, 4.69) is 51.2 Å². The molecule has 110 valence electrons. The van der Waals surface area contributed by atoms with Gasteiger partial charge >= 0.3 is 0 Å². The second kappa shape index (κ2) is 6.76. The van der Waals surface area contributed by atoms with Crippen LogP contribution in [-0.2, 0) is 5.41 Å². The summed E-state index contributed by atoms with van der Waals surface area (Å²) >= 11 is 0. The molecule has 0 saturated carbocycles. The minimum atomic E-state index is -0.645. The van der Waals surface area contributed by atoms with Gasteiger partial charge in [0, 0.05) is 0 Å². The van der Waals surface area contributed by atoms with Crippen molar-refractivity contribution in [3.8, 4) is 11.8 Å². The molecule has 1 aromatic rings. The van der Waals surface area contributed by atoms with Crippen molar-refractivity contribution < 1.29 is 4.74 Å². The molecule has 1 rings (SSSR count). The molecule has 0 aliphatic heterocycles. The lowest BCUT2D eigenvalue weighted by molar-refractivity contribution is 0.234. The fourth-order valence-electron chi connectivity index (χ4n) is 1.80. The molecular formula is C17H26N2O. The van der Waals surface area contributed by atoms with E-state index in [1.54, 1.807) is 0 Å². The normalized spacial score (nSPS) is 14.4. The van der Waals surface area contributed by atoms with Crippen molar-refractivity contribution in [2.24, 2.45) is 0 Å². The molecule has 0 bridgehead atoms. The molecule has 0 aliphatic carbocycles. The monoisotopic (exact) mass is 274 g/mol. The highest BCUT2D eigenvalue weighted by Crippen LogP contribution is 2.25. The Kier molecular flexibility index (Phi) is 5.59. The lowest BCUT2D eigenvalue weighted by Gasteiger charge is -2.24. The second-order valence-electron chi connectivity index (χ2n) is 6.44. The van der Waals surface area contributed by atoms with Gasteiger partial charge < -0.3 is 4.74 Å². The first-order valence-electron chi connectivity index (χ1n) is 7.20. The van der Waals surface area contributed by atoms with E-state index in [0.29, 0.717) is 6.61 Å². The van der Waals surface area contributed by atoms with Gasteiger partial charge in [-0.25, -0.2) is 0 Å². The zero-order valence-electron chi connectivity index (χ0n) is 13.3. The number of benzene rings is 1. The summed E-state index contributed by atoms with van der Waals surface area (Å²) in [5.74, 6) is 0.817. The number of hydrogen-bond donors (Lipinski definition) is 1. The maximum atomic E-state index is 9.28. The third-order valence-electron chi connectivity index (χ3n) is 3.24. The molecule has 20 heavy (non-hydrogen) atoms. The average Bonchev–Trinajstić information content (AvgIpc) is 2.42. The first-order chi connectivity index (χ1) is 9.30. The number of rotatable bonds is 6. The first-order valence-corrected chi connectivity index (χ1v) is 7.20. The van der Waals surface area contributed by atoms with Gasteiger partial charge in [-0.15, -0.1) is 0 Å². The van der Waals surface area contributed by atoms with Crippen LogP contribution in [0.15, 0.2) is 24.3 Å². The zero-order chi connectivity index (χ0) is 15.2. The van der Waals surface area contributed by atoms with Crippen molar-refractivity contribution in [2.45, 2.75) is 52.0 Å². The summed E-state index contributed by atoms with van der Waals surface area (Å²) in [7, 11) is 0. The first kappa shape index (κ1) is 16.5. The Labute approximate surface area is 123 Å². The van der Waals surface area contributed by atoms with E-state index in [-0.39, 0.29) is 5.41 Å². The molecule has 3 nitrogen and oxygen atoms in total. The summed E-state index contributed by atoms with van der Waals surface area (Å²) in [5, 5.41) is 12.5. The highest BCUT2D eigenvalue weighted by atomic mass is 16.5. The minimum Gasteiger partial charge on any atom is -0.491 e. The van der Waals surface area contributed by atoms with Gasteiger partial charge in [-0.2, -0.15) is 5.26 Å². The van der Waals surface area contributed by atoms with Crippen LogP contribution >= 0.6 is 0 Å². The molecule has 0 aliphatic rings. The van der Waals surface area contributed by atoms with Crippen molar-refractivity contribution in [3.05, 3.63) is 29.8 Å². The third kappa shape index (κ3) is 4.86. The molecule has 0 amide bonds. The summed E-state index contributed by atoms with van der Waals surface area (Å²) in [5.41, 5.74) is 0.682. The van der Waals surface area contributed by atoms with E-state index in [4.69, 9.17) is 4.74 Å². The van der Waals surface area contributed by atoms with Gasteiger partial charge in [0.15, 0.2) is 0 Å². The molecule has 0 fully saturated rings. The number of nitriles is 1. The van der Waals surface area contributed by atoms with Crippen LogP contribution in [0.3, 0.4) is 0 Å². The Morgan fingerprint density at radius 1 is 1.25 bits per heavy atom. The van der Waals surface area contributed by atoms with Crippen molar-refractivity contribution in [3.63, 3.8) is 0 Å². The van der Waals surface area contributed by atoms with Gasteiger partial charge in [-0.3, -0.25) is 5.32 Å². The van der Waals surface area contributed by atoms with Gasteiger partial charge in [-0.05, 0) is 43.0 Å². The molecule has 1 N–H and O–H groups in total. The van der Waals surface area contributed by atoms with Crippen LogP contribution in [0, 0.1) is 11.3 Å². The van der Waals surface area contributed by atoms with Gasteiger partial charge in [0.05, 0.1) is 6.07 Å². The van der Waals surface area contributed by atoms with Gasteiger partial charge in [-0.1, -0.05) is 39.8 Å². The molecule has 0 radical (unpaired) electrons. The van der Waals surface area contributed by atoms with Crippen LogP contribution < -0.4 is 10.1 Å². The molecule has 0 saturated heterocycles. The Hall–Kier alpha value is -1.53. The SMILES string of the molecule is CCCNC(C)(C#N)COc1cccc(C(C)(C)C)c1. The van der Waals surface area contributed by atoms with Gasteiger partial charge in [0.1, 0.15) is 17.9 Å². The predicted molar refractivity (Wildman–Crippen MR) is 82.9 cm³/mol. The van der Waals surface area contributed by atoms with Crippen LogP contribution in [0.2, 0.25) is 0 Å². The van der Waals surface area contributed by atoms with Crippen LogP contribution in [-0.4, -0.2) is 18.7 Å². The van der Waals surface area contributed by atoms with Crippen molar-refractivity contribution >= 4 is 0 Å². The quantitative estimate of drug-likeness (QED) is 0.861. The van der Waals surface area contributed by atoms with Crippen LogP contribution in [0.4, 0.5) is 0 Å². The summed E-state index contributed by atoms with van der Waals surface area (Å²) in [4.78, 5) is 0. The molecular weight excluding hydrogens is 248 g/mol. The molecule has 0 aromatic heterocycles. The summed E-state index contributed by atoms with van der Waals surface area (Å²) in [6.07, 6.45) is 0.997. The van der Waals surface area contributed by atoms with E-state index in [1.807, 2.05) is 19.1 Å². The van der Waals surface area contributed by atoms with Crippen molar-refractivity contribution in [1.82, 2.24) is 5.32 Å². The number of nitrogens with one attached hydrogen (secondary N) is 1. The number of ether oxygens (including phenoxy) is 1. The maximum absolute atomic E-state index is 9.28. The summed E-state index contributed by atoms with van der Waals surface area (Å²) in [6, 6.07) is 10.4. The lowest BCUT2D eigenvalue weighted by Crippen LogP contribution is -2.46. The summed E-state index contributed by atoms with van der Waals surface area (Å²) in [6.45, 7) is 11.6. The molecule has 1 atom stereocenters. The lowest BCUT2D eigenvalue weighted by atomic mass is 9.87. The third-order valence-corrected chi connectivity index (χ3v) is 3.24. The predicted octanol–water partition coefficient (Wildman–Crippen LogP) is 3.64. The molecule has 0 spiro atoms.